The lowest BCUT2D eigenvalue weighted by molar-refractivity contribution is 0.100. The third-order valence-electron chi connectivity index (χ3n) is 4.00. The van der Waals surface area contributed by atoms with Gasteiger partial charge in [-0.15, -0.1) is 0 Å². The molecule has 0 heterocycles. The van der Waals surface area contributed by atoms with E-state index in [2.05, 4.69) is 15.9 Å². The van der Waals surface area contributed by atoms with E-state index < -0.39 is 0 Å². The molecule has 1 aliphatic rings. The number of hydrogen-bond acceptors (Lipinski definition) is 2. The number of Topliss-reactive ketones (excluding diaryl/α,β-unsaturated/α-hetero) is 1. The Morgan fingerprint density at radius 2 is 2.05 bits per heavy atom. The van der Waals surface area contributed by atoms with E-state index >= 15 is 0 Å². The summed E-state index contributed by atoms with van der Waals surface area (Å²) in [4.78, 5) is 11.7. The van der Waals surface area contributed by atoms with Crippen LogP contribution in [0.25, 0.3) is 0 Å². The summed E-state index contributed by atoms with van der Waals surface area (Å²) in [5, 5.41) is 0.973. The van der Waals surface area contributed by atoms with Gasteiger partial charge in [0.1, 0.15) is 5.75 Å². The van der Waals surface area contributed by atoms with E-state index in [1.807, 2.05) is 25.1 Å². The highest BCUT2D eigenvalue weighted by molar-refractivity contribution is 9.09. The summed E-state index contributed by atoms with van der Waals surface area (Å²) in [5.74, 6) is 0.795. The first-order valence-corrected chi connectivity index (χ1v) is 7.99. The van der Waals surface area contributed by atoms with Crippen LogP contribution in [0.3, 0.4) is 0 Å². The zero-order valence-corrected chi connectivity index (χ0v) is 13.3. The maximum absolute atomic E-state index is 11.7. The number of alkyl halides is 1. The van der Waals surface area contributed by atoms with Gasteiger partial charge in [-0.2, -0.15) is 0 Å². The number of ketones is 1. The van der Waals surface area contributed by atoms with Gasteiger partial charge < -0.3 is 4.74 Å². The van der Waals surface area contributed by atoms with Crippen LogP contribution in [0, 0.1) is 12.3 Å². The van der Waals surface area contributed by atoms with Crippen molar-refractivity contribution >= 4 is 21.7 Å². The Bertz CT molecular complexity index is 462. The third-order valence-corrected chi connectivity index (χ3v) is 5.19. The zero-order chi connectivity index (χ0) is 13.9. The van der Waals surface area contributed by atoms with Gasteiger partial charge >= 0.3 is 0 Å². The molecule has 0 N–H and O–H groups in total. The van der Waals surface area contributed by atoms with Gasteiger partial charge in [-0.1, -0.05) is 40.4 Å². The standard InChI is InChI=1S/C16H21BrO2/c1-12-5-6-15(14(9-12)13(2)18)19-11-16(10-17)7-3-4-8-16/h5-6,9H,3-4,7-8,10-11H2,1-2H3. The molecule has 0 spiro atoms. The minimum absolute atomic E-state index is 0.0676. The van der Waals surface area contributed by atoms with Crippen molar-refractivity contribution in [3.8, 4) is 5.75 Å². The fourth-order valence-electron chi connectivity index (χ4n) is 2.72. The lowest BCUT2D eigenvalue weighted by Crippen LogP contribution is -2.27. The van der Waals surface area contributed by atoms with E-state index in [1.165, 1.54) is 25.7 Å². The van der Waals surface area contributed by atoms with Gasteiger partial charge in [-0.25, -0.2) is 0 Å². The van der Waals surface area contributed by atoms with Crippen molar-refractivity contribution in [3.05, 3.63) is 29.3 Å². The molecule has 1 saturated carbocycles. The molecule has 0 amide bonds. The third kappa shape index (κ3) is 3.38. The topological polar surface area (TPSA) is 26.3 Å². The second kappa shape index (κ2) is 6.08. The lowest BCUT2D eigenvalue weighted by atomic mass is 9.90. The molecular formula is C16H21BrO2. The summed E-state index contributed by atoms with van der Waals surface area (Å²) >= 11 is 3.62. The van der Waals surface area contributed by atoms with Crippen LogP contribution < -0.4 is 4.74 Å². The molecule has 0 bridgehead atoms. The Labute approximate surface area is 123 Å². The lowest BCUT2D eigenvalue weighted by Gasteiger charge is -2.26. The molecule has 1 fully saturated rings. The maximum Gasteiger partial charge on any atom is 0.163 e. The van der Waals surface area contributed by atoms with Crippen molar-refractivity contribution in [2.24, 2.45) is 5.41 Å². The molecular weight excluding hydrogens is 304 g/mol. The highest BCUT2D eigenvalue weighted by Gasteiger charge is 2.33. The Kier molecular flexibility index (Phi) is 4.67. The van der Waals surface area contributed by atoms with Crippen LogP contribution in [-0.4, -0.2) is 17.7 Å². The number of aryl methyl sites for hydroxylation is 1. The monoisotopic (exact) mass is 324 g/mol. The molecule has 0 saturated heterocycles. The summed E-state index contributed by atoms with van der Waals surface area (Å²) in [6.45, 7) is 4.28. The summed E-state index contributed by atoms with van der Waals surface area (Å²) in [6.07, 6.45) is 4.98. The minimum Gasteiger partial charge on any atom is -0.492 e. The average Bonchev–Trinajstić information content (AvgIpc) is 2.86. The molecule has 2 nitrogen and oxygen atoms in total. The maximum atomic E-state index is 11.7. The summed E-state index contributed by atoms with van der Waals surface area (Å²) in [6, 6.07) is 5.83. The zero-order valence-electron chi connectivity index (χ0n) is 11.7. The highest BCUT2D eigenvalue weighted by atomic mass is 79.9. The van der Waals surface area contributed by atoms with Crippen molar-refractivity contribution in [2.45, 2.75) is 39.5 Å². The summed E-state index contributed by atoms with van der Waals surface area (Å²) in [5.41, 5.74) is 2.04. The van der Waals surface area contributed by atoms with Crippen molar-refractivity contribution in [1.82, 2.24) is 0 Å². The van der Waals surface area contributed by atoms with Gasteiger partial charge in [0.15, 0.2) is 5.78 Å². The van der Waals surface area contributed by atoms with Crippen LogP contribution >= 0.6 is 15.9 Å². The number of carbonyl (C=O) groups excluding carboxylic acids is 1. The first-order chi connectivity index (χ1) is 9.06. The molecule has 0 atom stereocenters. The van der Waals surface area contributed by atoms with Gasteiger partial charge in [0.05, 0.1) is 12.2 Å². The Balaban J connectivity index is 2.13. The van der Waals surface area contributed by atoms with Crippen molar-refractivity contribution in [2.75, 3.05) is 11.9 Å². The molecule has 0 unspecified atom stereocenters. The molecule has 19 heavy (non-hydrogen) atoms. The second-order valence-corrected chi connectivity index (χ2v) is 6.25. The highest BCUT2D eigenvalue weighted by Crippen LogP contribution is 2.40. The van der Waals surface area contributed by atoms with E-state index in [4.69, 9.17) is 4.74 Å². The van der Waals surface area contributed by atoms with E-state index in [-0.39, 0.29) is 11.2 Å². The van der Waals surface area contributed by atoms with Gasteiger partial charge in [0.2, 0.25) is 0 Å². The average molecular weight is 325 g/mol. The second-order valence-electron chi connectivity index (χ2n) is 5.69. The molecule has 104 valence electrons. The van der Waals surface area contributed by atoms with E-state index in [0.29, 0.717) is 12.2 Å². The summed E-state index contributed by atoms with van der Waals surface area (Å²) in [7, 11) is 0. The number of rotatable bonds is 5. The fraction of sp³-hybridized carbons (Fsp3) is 0.562. The quantitative estimate of drug-likeness (QED) is 0.587. The Morgan fingerprint density at radius 1 is 1.37 bits per heavy atom. The molecule has 1 aromatic carbocycles. The van der Waals surface area contributed by atoms with Crippen LogP contribution in [-0.2, 0) is 0 Å². The number of ether oxygens (including phenoxy) is 1. The predicted octanol–water partition coefficient (Wildman–Crippen LogP) is 4.53. The van der Waals surface area contributed by atoms with Crippen molar-refractivity contribution < 1.29 is 9.53 Å². The summed E-state index contributed by atoms with van der Waals surface area (Å²) < 4.78 is 5.98. The van der Waals surface area contributed by atoms with Gasteiger partial charge in [0, 0.05) is 10.7 Å². The minimum atomic E-state index is 0.0676. The predicted molar refractivity (Wildman–Crippen MR) is 81.4 cm³/mol. The Hall–Kier alpha value is -0.830. The van der Waals surface area contributed by atoms with Gasteiger partial charge in [0.25, 0.3) is 0 Å². The van der Waals surface area contributed by atoms with Crippen LogP contribution in [0.2, 0.25) is 0 Å². The van der Waals surface area contributed by atoms with Crippen molar-refractivity contribution in [1.29, 1.82) is 0 Å². The molecule has 3 heteroatoms. The Morgan fingerprint density at radius 3 is 2.63 bits per heavy atom. The molecule has 0 radical (unpaired) electrons. The smallest absolute Gasteiger partial charge is 0.163 e. The molecule has 0 aliphatic heterocycles. The van der Waals surface area contributed by atoms with E-state index in [9.17, 15) is 4.79 Å². The first-order valence-electron chi connectivity index (χ1n) is 6.87. The first kappa shape index (κ1) is 14.6. The molecule has 0 aromatic heterocycles. The molecule has 2 rings (SSSR count). The molecule has 1 aliphatic carbocycles. The number of hydrogen-bond donors (Lipinski definition) is 0. The van der Waals surface area contributed by atoms with Crippen LogP contribution in [0.4, 0.5) is 0 Å². The fourth-order valence-corrected chi connectivity index (χ4v) is 3.44. The normalized spacial score (nSPS) is 17.4. The van der Waals surface area contributed by atoms with Gasteiger partial charge in [-0.3, -0.25) is 4.79 Å². The number of benzene rings is 1. The largest absolute Gasteiger partial charge is 0.492 e. The number of halogens is 1. The van der Waals surface area contributed by atoms with E-state index in [1.54, 1.807) is 6.92 Å². The SMILES string of the molecule is CC(=O)c1cc(C)ccc1OCC1(CBr)CCCC1. The van der Waals surface area contributed by atoms with Crippen molar-refractivity contribution in [3.63, 3.8) is 0 Å². The molecule has 1 aromatic rings. The van der Waals surface area contributed by atoms with Crippen LogP contribution in [0.15, 0.2) is 18.2 Å². The van der Waals surface area contributed by atoms with Crippen LogP contribution in [0.1, 0.15) is 48.5 Å². The van der Waals surface area contributed by atoms with E-state index in [0.717, 1.165) is 16.6 Å². The number of carbonyl (C=O) groups is 1. The van der Waals surface area contributed by atoms with Crippen LogP contribution in [0.5, 0.6) is 5.75 Å². The van der Waals surface area contributed by atoms with Gasteiger partial charge in [-0.05, 0) is 38.8 Å².